The normalized spacial score (nSPS) is 27.6. The maximum Gasteiger partial charge on any atom is 0.255 e. The molecule has 1 aromatic heterocycles. The molecule has 0 saturated heterocycles. The molecule has 0 radical (unpaired) electrons. The van der Waals surface area contributed by atoms with Gasteiger partial charge in [-0.1, -0.05) is 70.0 Å². The Balaban J connectivity index is 1.84. The Kier molecular flexibility index (Phi) is 6.88. The molecule has 1 saturated carbocycles. The van der Waals surface area contributed by atoms with Crippen molar-refractivity contribution in [2.45, 2.75) is 29.6 Å². The third-order valence-corrected chi connectivity index (χ3v) is 8.12. The van der Waals surface area contributed by atoms with Gasteiger partial charge in [-0.3, -0.25) is 4.79 Å². The van der Waals surface area contributed by atoms with Gasteiger partial charge in [-0.15, -0.1) is 0 Å². The van der Waals surface area contributed by atoms with Crippen molar-refractivity contribution in [1.82, 2.24) is 9.88 Å². The summed E-state index contributed by atoms with van der Waals surface area (Å²) >= 11 is 9.64. The summed E-state index contributed by atoms with van der Waals surface area (Å²) in [6.07, 6.45) is -4.59. The number of benzene rings is 2. The fourth-order valence-corrected chi connectivity index (χ4v) is 6.38. The van der Waals surface area contributed by atoms with Gasteiger partial charge in [0.15, 0.2) is 11.2 Å². The van der Waals surface area contributed by atoms with Crippen LogP contribution < -0.4 is 9.47 Å². The summed E-state index contributed by atoms with van der Waals surface area (Å²) in [7, 11) is 2.57. The van der Waals surface area contributed by atoms with Crippen LogP contribution in [0.2, 0.25) is 5.15 Å². The summed E-state index contributed by atoms with van der Waals surface area (Å²) in [6.45, 7) is -0.842. The number of alkyl halides is 2. The van der Waals surface area contributed by atoms with Gasteiger partial charge in [0.1, 0.15) is 17.0 Å². The summed E-state index contributed by atoms with van der Waals surface area (Å²) < 4.78 is 39.4. The van der Waals surface area contributed by atoms with E-state index in [4.69, 9.17) is 21.1 Å². The number of hydrogen-bond acceptors (Lipinski definition) is 6. The lowest BCUT2D eigenvalue weighted by Gasteiger charge is -2.40. The second-order valence-electron chi connectivity index (χ2n) is 9.41. The van der Waals surface area contributed by atoms with Crippen molar-refractivity contribution < 1.29 is 33.3 Å². The summed E-state index contributed by atoms with van der Waals surface area (Å²) in [4.78, 5) is 18.8. The number of nitrogens with zero attached hydrogens (tertiary/aromatic N) is 2. The Labute approximate surface area is 231 Å². The largest absolute Gasteiger partial charge is 0.481 e. The quantitative estimate of drug-likeness (QED) is 0.401. The maximum atomic E-state index is 13.8. The highest BCUT2D eigenvalue weighted by atomic mass is 79.9. The van der Waals surface area contributed by atoms with E-state index >= 15 is 0 Å². The second-order valence-corrected chi connectivity index (χ2v) is 10.7. The molecule has 2 heterocycles. The minimum Gasteiger partial charge on any atom is -0.481 e. The molecule has 200 valence electrons. The molecule has 0 bridgehead atoms. The zero-order valence-corrected chi connectivity index (χ0v) is 22.7. The van der Waals surface area contributed by atoms with E-state index in [1.807, 2.05) is 0 Å². The first kappa shape index (κ1) is 26.8. The second kappa shape index (κ2) is 9.75. The molecule has 1 amide bonds. The van der Waals surface area contributed by atoms with E-state index in [-0.39, 0.29) is 22.3 Å². The molecule has 0 unspecified atom stereocenters. The molecule has 2 N–H and O–H groups in total. The first-order valence-electron chi connectivity index (χ1n) is 11.7. The number of methoxy groups -OCH3 is 1. The molecule has 3 aromatic rings. The van der Waals surface area contributed by atoms with Crippen molar-refractivity contribution in [3.05, 3.63) is 87.0 Å². The predicted molar refractivity (Wildman–Crippen MR) is 138 cm³/mol. The molecule has 11 heteroatoms. The Morgan fingerprint density at radius 2 is 1.89 bits per heavy atom. The highest BCUT2D eigenvalue weighted by molar-refractivity contribution is 9.10. The van der Waals surface area contributed by atoms with Crippen LogP contribution in [0.1, 0.15) is 22.6 Å². The number of amides is 1. The average Bonchev–Trinajstić information content (AvgIpc) is 3.26. The van der Waals surface area contributed by atoms with Gasteiger partial charge in [-0.25, -0.2) is 13.8 Å². The third-order valence-electron chi connectivity index (χ3n) is 7.40. The first-order chi connectivity index (χ1) is 18.1. The van der Waals surface area contributed by atoms with Gasteiger partial charge in [0, 0.05) is 23.5 Å². The number of aliphatic hydroxyl groups is 2. The Hall–Kier alpha value is -2.79. The number of hydrogen-bond donors (Lipinski definition) is 2. The molecular weight excluding hydrogens is 586 g/mol. The SMILES string of the molecule is COc1nc(Cl)cc2c1[C@]1(O)[C@H](O)[C@H](C(=O)N(C)CC(F)F)[C@@H](c3ccccc3)[C@]1(c1ccc(Br)cc1)O2. The number of carbonyl (C=O) groups is 1. The summed E-state index contributed by atoms with van der Waals surface area (Å²) in [5.41, 5.74) is -3.06. The van der Waals surface area contributed by atoms with E-state index in [1.54, 1.807) is 54.6 Å². The van der Waals surface area contributed by atoms with Crippen LogP contribution in [0.5, 0.6) is 11.6 Å². The van der Waals surface area contributed by atoms with Crippen molar-refractivity contribution in [1.29, 1.82) is 0 Å². The molecule has 5 rings (SSSR count). The smallest absolute Gasteiger partial charge is 0.255 e. The summed E-state index contributed by atoms with van der Waals surface area (Å²) in [5.74, 6) is -3.12. The van der Waals surface area contributed by atoms with E-state index in [0.29, 0.717) is 11.1 Å². The minimum atomic E-state index is -2.79. The number of rotatable bonds is 6. The van der Waals surface area contributed by atoms with Crippen LogP contribution in [0.15, 0.2) is 65.1 Å². The zero-order chi connectivity index (χ0) is 27.4. The Bertz CT molecular complexity index is 1370. The lowest BCUT2D eigenvalue weighted by molar-refractivity contribution is -0.157. The highest BCUT2D eigenvalue weighted by Crippen LogP contribution is 2.70. The Morgan fingerprint density at radius 1 is 1.24 bits per heavy atom. The molecule has 1 aliphatic carbocycles. The van der Waals surface area contributed by atoms with E-state index in [1.165, 1.54) is 20.2 Å². The minimum absolute atomic E-state index is 0.0209. The van der Waals surface area contributed by atoms with Crippen molar-refractivity contribution in [3.63, 3.8) is 0 Å². The number of fused-ring (bicyclic) bond motifs is 3. The molecule has 1 fully saturated rings. The average molecular weight is 610 g/mol. The van der Waals surface area contributed by atoms with Gasteiger partial charge in [-0.2, -0.15) is 0 Å². The molecule has 38 heavy (non-hydrogen) atoms. The van der Waals surface area contributed by atoms with Crippen LogP contribution in [0.25, 0.3) is 0 Å². The van der Waals surface area contributed by atoms with Gasteiger partial charge in [0.25, 0.3) is 6.43 Å². The van der Waals surface area contributed by atoms with Crippen LogP contribution in [0, 0.1) is 5.92 Å². The first-order valence-corrected chi connectivity index (χ1v) is 12.9. The number of aromatic nitrogens is 1. The van der Waals surface area contributed by atoms with Gasteiger partial charge in [-0.05, 0) is 23.3 Å². The van der Waals surface area contributed by atoms with E-state index in [9.17, 15) is 23.8 Å². The molecular formula is C27H24BrClF2N2O5. The van der Waals surface area contributed by atoms with E-state index in [2.05, 4.69) is 20.9 Å². The third kappa shape index (κ3) is 3.80. The summed E-state index contributed by atoms with van der Waals surface area (Å²) in [6, 6.07) is 17.1. The number of aliphatic hydroxyl groups excluding tert-OH is 1. The van der Waals surface area contributed by atoms with E-state index in [0.717, 1.165) is 9.37 Å². The van der Waals surface area contributed by atoms with Crippen LogP contribution in [0.4, 0.5) is 8.78 Å². The molecule has 7 nitrogen and oxygen atoms in total. The number of carbonyl (C=O) groups excluding carboxylic acids is 1. The van der Waals surface area contributed by atoms with Gasteiger partial charge in [0.2, 0.25) is 11.8 Å². The van der Waals surface area contributed by atoms with E-state index < -0.39 is 48.0 Å². The molecule has 2 aromatic carbocycles. The fraction of sp³-hybridized carbons (Fsp3) is 0.333. The summed E-state index contributed by atoms with van der Waals surface area (Å²) in [5, 5.41) is 24.6. The molecule has 5 atom stereocenters. The van der Waals surface area contributed by atoms with Crippen LogP contribution in [0.3, 0.4) is 0 Å². The van der Waals surface area contributed by atoms with Crippen molar-refractivity contribution in [2.75, 3.05) is 20.7 Å². The number of pyridine rings is 1. The number of ether oxygens (including phenoxy) is 2. The fourth-order valence-electron chi connectivity index (χ4n) is 5.94. The van der Waals surface area contributed by atoms with Gasteiger partial charge in [0.05, 0.1) is 25.1 Å². The highest BCUT2D eigenvalue weighted by Gasteiger charge is 2.78. The molecule has 1 aliphatic heterocycles. The molecule has 2 aliphatic rings. The molecule has 0 spiro atoms. The van der Waals surface area contributed by atoms with Gasteiger partial charge >= 0.3 is 0 Å². The van der Waals surface area contributed by atoms with Crippen molar-refractivity contribution >= 4 is 33.4 Å². The van der Waals surface area contributed by atoms with Crippen molar-refractivity contribution in [2.24, 2.45) is 5.92 Å². The maximum absolute atomic E-state index is 13.8. The monoisotopic (exact) mass is 608 g/mol. The van der Waals surface area contributed by atoms with Crippen molar-refractivity contribution in [3.8, 4) is 11.6 Å². The number of halogens is 4. The Morgan fingerprint density at radius 3 is 2.50 bits per heavy atom. The zero-order valence-electron chi connectivity index (χ0n) is 20.3. The van der Waals surface area contributed by atoms with Crippen LogP contribution in [-0.4, -0.2) is 59.2 Å². The standard InChI is InChI=1S/C27H24BrClF2N2O5/c1-33(13-19(30)31)25(35)20-21(14-6-4-3-5-7-14)27(15-8-10-16(28)11-9-15)26(36,23(20)34)22-17(38-27)12-18(29)32-24(22)37-2/h3-12,19-21,23,34,36H,13H2,1-2H3/t20-,21-,23-,26+,27+/m1/s1. The van der Waals surface area contributed by atoms with Crippen LogP contribution >= 0.6 is 27.5 Å². The van der Waals surface area contributed by atoms with Crippen LogP contribution in [-0.2, 0) is 16.0 Å². The topological polar surface area (TPSA) is 92.1 Å². The lowest BCUT2D eigenvalue weighted by atomic mass is 9.70. The van der Waals surface area contributed by atoms with Gasteiger partial charge < -0.3 is 24.6 Å². The lowest BCUT2D eigenvalue weighted by Crippen LogP contribution is -2.52. The predicted octanol–water partition coefficient (Wildman–Crippen LogP) is 4.48.